The van der Waals surface area contributed by atoms with Crippen LogP contribution in [0.5, 0.6) is 5.75 Å². The molecule has 0 saturated heterocycles. The molecule has 7 heteroatoms. The molecule has 0 amide bonds. The van der Waals surface area contributed by atoms with Crippen LogP contribution in [-0.4, -0.2) is 38.3 Å². The molecule has 1 aromatic heterocycles. The number of hydrogen-bond donors (Lipinski definition) is 1. The van der Waals surface area contributed by atoms with Crippen LogP contribution in [-0.2, 0) is 13.0 Å². The second kappa shape index (κ2) is 8.17. The Hall–Kier alpha value is -1.05. The largest absolute Gasteiger partial charge is 0.491 e. The predicted molar refractivity (Wildman–Crippen MR) is 93.9 cm³/mol. The van der Waals surface area contributed by atoms with Crippen LogP contribution in [0.25, 0.3) is 0 Å². The number of rotatable bonds is 6. The summed E-state index contributed by atoms with van der Waals surface area (Å²) in [6.45, 7) is 1.25. The van der Waals surface area contributed by atoms with Gasteiger partial charge in [0.2, 0.25) is 0 Å². The lowest BCUT2D eigenvalue weighted by Crippen LogP contribution is -2.20. The van der Waals surface area contributed by atoms with Gasteiger partial charge in [-0.2, -0.15) is 0 Å². The summed E-state index contributed by atoms with van der Waals surface area (Å²) < 4.78 is 8.77. The van der Waals surface area contributed by atoms with Crippen molar-refractivity contribution >= 4 is 27.7 Å². The van der Waals surface area contributed by atoms with E-state index in [4.69, 9.17) is 4.74 Å². The Labute approximate surface area is 148 Å². The molecule has 124 valence electrons. The number of benzene rings is 1. The summed E-state index contributed by atoms with van der Waals surface area (Å²) in [5.41, 5.74) is 0. The molecule has 1 aliphatic rings. The van der Waals surface area contributed by atoms with Crippen LogP contribution in [0.3, 0.4) is 0 Å². The van der Waals surface area contributed by atoms with Gasteiger partial charge in [0, 0.05) is 23.2 Å². The number of nitrogens with zero attached hydrogens (tertiary/aromatic N) is 3. The molecule has 5 nitrogen and oxygen atoms in total. The van der Waals surface area contributed by atoms with Crippen LogP contribution in [0.2, 0.25) is 0 Å². The molecule has 0 radical (unpaired) electrons. The van der Waals surface area contributed by atoms with E-state index in [0.29, 0.717) is 5.75 Å². The number of aromatic nitrogens is 3. The predicted octanol–water partition coefficient (Wildman–Crippen LogP) is 3.30. The highest BCUT2D eigenvalue weighted by Gasteiger charge is 2.16. The van der Waals surface area contributed by atoms with E-state index in [9.17, 15) is 5.11 Å². The second-order valence-corrected chi connectivity index (χ2v) is 7.50. The maximum Gasteiger partial charge on any atom is 0.191 e. The molecule has 0 spiro atoms. The van der Waals surface area contributed by atoms with E-state index in [2.05, 4.69) is 30.7 Å². The maximum atomic E-state index is 10.1. The lowest BCUT2D eigenvalue weighted by atomic mass is 10.2. The van der Waals surface area contributed by atoms with Gasteiger partial charge in [-0.3, -0.25) is 0 Å². The molecule has 3 rings (SSSR count). The normalized spacial score (nSPS) is 15.7. The quantitative estimate of drug-likeness (QED) is 0.757. The molecule has 2 heterocycles. The minimum absolute atomic E-state index is 0.268. The molecule has 1 N–H and O–H groups in total. The first-order chi connectivity index (χ1) is 11.2. The molecule has 1 aromatic carbocycles. The van der Waals surface area contributed by atoms with Crippen molar-refractivity contribution in [3.63, 3.8) is 0 Å². The minimum atomic E-state index is -0.544. The number of aliphatic hydroxyl groups is 1. The van der Waals surface area contributed by atoms with Gasteiger partial charge in [0.15, 0.2) is 5.16 Å². The van der Waals surface area contributed by atoms with E-state index < -0.39 is 6.10 Å². The monoisotopic (exact) mass is 397 g/mol. The van der Waals surface area contributed by atoms with Gasteiger partial charge in [-0.1, -0.05) is 40.2 Å². The van der Waals surface area contributed by atoms with Crippen molar-refractivity contribution in [2.24, 2.45) is 0 Å². The smallest absolute Gasteiger partial charge is 0.191 e. The van der Waals surface area contributed by atoms with Crippen molar-refractivity contribution in [1.29, 1.82) is 0 Å². The van der Waals surface area contributed by atoms with Gasteiger partial charge in [0.05, 0.1) is 6.10 Å². The fraction of sp³-hybridized carbons (Fsp3) is 0.500. The van der Waals surface area contributed by atoms with Gasteiger partial charge in [-0.05, 0) is 31.0 Å². The van der Waals surface area contributed by atoms with Crippen LogP contribution in [0.1, 0.15) is 25.1 Å². The fourth-order valence-corrected chi connectivity index (χ4v) is 3.80. The van der Waals surface area contributed by atoms with Crippen LogP contribution in [0.4, 0.5) is 0 Å². The summed E-state index contributed by atoms with van der Waals surface area (Å²) in [6.07, 6.45) is 4.07. The number of ether oxygens (including phenoxy) is 1. The highest BCUT2D eigenvalue weighted by Crippen LogP contribution is 2.23. The van der Waals surface area contributed by atoms with E-state index in [-0.39, 0.29) is 6.61 Å². The first kappa shape index (κ1) is 16.8. The number of aliphatic hydroxyl groups excluding tert-OH is 1. The summed E-state index contributed by atoms with van der Waals surface area (Å²) in [5.74, 6) is 2.37. The molecule has 0 saturated carbocycles. The highest BCUT2D eigenvalue weighted by molar-refractivity contribution is 9.10. The zero-order valence-corrected chi connectivity index (χ0v) is 15.2. The zero-order chi connectivity index (χ0) is 16.1. The molecule has 23 heavy (non-hydrogen) atoms. The Morgan fingerprint density at radius 1 is 1.30 bits per heavy atom. The molecule has 1 atom stereocenters. The van der Waals surface area contributed by atoms with E-state index >= 15 is 0 Å². The van der Waals surface area contributed by atoms with Crippen LogP contribution in [0.15, 0.2) is 33.9 Å². The van der Waals surface area contributed by atoms with Crippen molar-refractivity contribution < 1.29 is 9.84 Å². The molecule has 0 fully saturated rings. The summed E-state index contributed by atoms with van der Waals surface area (Å²) >= 11 is 4.95. The number of fused-ring (bicyclic) bond motifs is 1. The van der Waals surface area contributed by atoms with Crippen molar-refractivity contribution in [3.05, 3.63) is 34.6 Å². The highest BCUT2D eigenvalue weighted by atomic mass is 79.9. The van der Waals surface area contributed by atoms with Gasteiger partial charge in [-0.25, -0.2) is 0 Å². The first-order valence-corrected chi connectivity index (χ1v) is 9.61. The van der Waals surface area contributed by atoms with Crippen molar-refractivity contribution in [2.45, 2.75) is 43.5 Å². The standard InChI is InChI=1S/C16H20BrN3O2S/c17-12-5-4-6-14(9-12)22-10-13(21)11-23-16-19-18-15-7-2-1-3-8-20(15)16/h4-6,9,13,21H,1-3,7-8,10-11H2/t13-/m0/s1. The molecule has 1 aliphatic heterocycles. The van der Waals surface area contributed by atoms with Gasteiger partial charge in [0.1, 0.15) is 18.2 Å². The number of aryl methyl sites for hydroxylation is 1. The number of hydrogen-bond acceptors (Lipinski definition) is 5. The SMILES string of the molecule is O[C@@H](COc1cccc(Br)c1)CSc1nnc2n1CCCCC2. The lowest BCUT2D eigenvalue weighted by molar-refractivity contribution is 0.126. The maximum absolute atomic E-state index is 10.1. The number of halogens is 1. The topological polar surface area (TPSA) is 60.2 Å². The zero-order valence-electron chi connectivity index (χ0n) is 12.8. The molecular formula is C16H20BrN3O2S. The van der Waals surface area contributed by atoms with Crippen molar-refractivity contribution in [1.82, 2.24) is 14.8 Å². The van der Waals surface area contributed by atoms with Crippen molar-refractivity contribution in [3.8, 4) is 5.75 Å². The molecule has 2 aromatic rings. The van der Waals surface area contributed by atoms with E-state index in [0.717, 1.165) is 34.2 Å². The molecule has 0 unspecified atom stereocenters. The summed E-state index contributed by atoms with van der Waals surface area (Å²) in [7, 11) is 0. The molecule has 0 aliphatic carbocycles. The Morgan fingerprint density at radius 3 is 3.09 bits per heavy atom. The Balaban J connectivity index is 1.49. The van der Waals surface area contributed by atoms with Gasteiger partial charge >= 0.3 is 0 Å². The van der Waals surface area contributed by atoms with Crippen LogP contribution in [0, 0.1) is 0 Å². The third-order valence-corrected chi connectivity index (χ3v) is 5.32. The lowest BCUT2D eigenvalue weighted by Gasteiger charge is -2.12. The summed E-state index contributed by atoms with van der Waals surface area (Å²) in [4.78, 5) is 0. The van der Waals surface area contributed by atoms with Gasteiger partial charge < -0.3 is 14.4 Å². The minimum Gasteiger partial charge on any atom is -0.491 e. The second-order valence-electron chi connectivity index (χ2n) is 5.59. The van der Waals surface area contributed by atoms with E-state index in [1.54, 1.807) is 11.8 Å². The third kappa shape index (κ3) is 4.71. The van der Waals surface area contributed by atoms with Crippen LogP contribution < -0.4 is 4.74 Å². The Morgan fingerprint density at radius 2 is 2.22 bits per heavy atom. The molecule has 0 bridgehead atoms. The van der Waals surface area contributed by atoms with E-state index in [1.165, 1.54) is 19.3 Å². The third-order valence-electron chi connectivity index (χ3n) is 3.72. The average molecular weight is 398 g/mol. The number of thioether (sulfide) groups is 1. The van der Waals surface area contributed by atoms with Crippen LogP contribution >= 0.6 is 27.7 Å². The van der Waals surface area contributed by atoms with Gasteiger partial charge in [0.25, 0.3) is 0 Å². The summed E-state index contributed by atoms with van der Waals surface area (Å²) in [5, 5.41) is 19.6. The summed E-state index contributed by atoms with van der Waals surface area (Å²) in [6, 6.07) is 7.61. The Bertz CT molecular complexity index is 650. The van der Waals surface area contributed by atoms with Gasteiger partial charge in [-0.15, -0.1) is 10.2 Å². The fourth-order valence-electron chi connectivity index (χ4n) is 2.53. The first-order valence-electron chi connectivity index (χ1n) is 7.83. The average Bonchev–Trinajstić information content (AvgIpc) is 2.77. The van der Waals surface area contributed by atoms with Crippen molar-refractivity contribution in [2.75, 3.05) is 12.4 Å². The molecular weight excluding hydrogens is 378 g/mol. The van der Waals surface area contributed by atoms with E-state index in [1.807, 2.05) is 24.3 Å². The Kier molecular flexibility index (Phi) is 5.96.